The van der Waals surface area contributed by atoms with E-state index in [4.69, 9.17) is 10.00 Å². The monoisotopic (exact) mass is 600 g/mol. The number of imidazole rings is 1. The number of piperazine rings is 1. The van der Waals surface area contributed by atoms with E-state index >= 15 is 0 Å². The number of nitriles is 1. The molecule has 0 radical (unpaired) electrons. The topological polar surface area (TPSA) is 128 Å². The lowest BCUT2D eigenvalue weighted by Crippen LogP contribution is -2.52. The SMILES string of the molecule is Cc1cc(Nc2nccn3c(-c4ccc(OCC#N)c(F)c4F)cnc23)ccc1C(=O)N1CCN(C(=O)[C@H]2CCNC2)CC1. The molecule has 2 fully saturated rings. The Balaban J connectivity index is 1.16. The number of nitrogens with zero attached hydrogens (tertiary/aromatic N) is 6. The van der Waals surface area contributed by atoms with Gasteiger partial charge in [0.25, 0.3) is 5.91 Å². The van der Waals surface area contributed by atoms with Crippen molar-refractivity contribution < 1.29 is 23.1 Å². The number of hydrogen-bond acceptors (Lipinski definition) is 8. The predicted molar refractivity (Wildman–Crippen MR) is 157 cm³/mol. The number of carbonyl (C=O) groups excluding carboxylic acids is 2. The molecule has 0 aliphatic carbocycles. The van der Waals surface area contributed by atoms with Crippen molar-refractivity contribution in [1.82, 2.24) is 29.5 Å². The number of carbonyl (C=O) groups is 2. The third-order valence-electron chi connectivity index (χ3n) is 8.05. The average Bonchev–Trinajstić information content (AvgIpc) is 3.73. The number of rotatable bonds is 7. The molecule has 0 saturated carbocycles. The molecular formula is C31H30F2N8O3. The number of ether oxygens (including phenoxy) is 1. The maximum atomic E-state index is 15.0. The van der Waals surface area contributed by atoms with Crippen LogP contribution in [0.5, 0.6) is 5.75 Å². The Hall–Kier alpha value is -5.09. The van der Waals surface area contributed by atoms with Gasteiger partial charge in [0.1, 0.15) is 6.07 Å². The van der Waals surface area contributed by atoms with Crippen molar-refractivity contribution in [1.29, 1.82) is 5.26 Å². The maximum absolute atomic E-state index is 15.0. The van der Waals surface area contributed by atoms with Crippen LogP contribution in [0.1, 0.15) is 22.3 Å². The largest absolute Gasteiger partial charge is 0.476 e. The Morgan fingerprint density at radius 1 is 1.11 bits per heavy atom. The fourth-order valence-corrected chi connectivity index (χ4v) is 5.70. The lowest BCUT2D eigenvalue weighted by Gasteiger charge is -2.36. The number of anilines is 2. The van der Waals surface area contributed by atoms with E-state index in [1.165, 1.54) is 24.5 Å². The maximum Gasteiger partial charge on any atom is 0.254 e. The molecule has 4 heterocycles. The molecule has 2 N–H and O–H groups in total. The Morgan fingerprint density at radius 2 is 1.91 bits per heavy atom. The van der Waals surface area contributed by atoms with Crippen molar-refractivity contribution in [2.45, 2.75) is 13.3 Å². The normalized spacial score (nSPS) is 16.6. The van der Waals surface area contributed by atoms with Crippen molar-refractivity contribution in [3.63, 3.8) is 0 Å². The highest BCUT2D eigenvalue weighted by atomic mass is 19.2. The molecule has 2 aliphatic heterocycles. The summed E-state index contributed by atoms with van der Waals surface area (Å²) < 4.78 is 36.1. The molecule has 226 valence electrons. The summed E-state index contributed by atoms with van der Waals surface area (Å²) in [5.41, 5.74) is 2.65. The number of nitrogens with one attached hydrogen (secondary N) is 2. The van der Waals surface area contributed by atoms with Crippen LogP contribution in [0.25, 0.3) is 16.9 Å². The zero-order valence-electron chi connectivity index (χ0n) is 24.0. The molecule has 2 aromatic carbocycles. The van der Waals surface area contributed by atoms with Gasteiger partial charge in [-0.25, -0.2) is 14.4 Å². The quantitative estimate of drug-likeness (QED) is 0.330. The lowest BCUT2D eigenvalue weighted by atomic mass is 10.0. The van der Waals surface area contributed by atoms with Crippen molar-refractivity contribution >= 4 is 29.0 Å². The highest BCUT2D eigenvalue weighted by molar-refractivity contribution is 5.96. The molecule has 2 amide bonds. The van der Waals surface area contributed by atoms with Crippen molar-refractivity contribution in [2.24, 2.45) is 5.92 Å². The minimum atomic E-state index is -1.19. The molecule has 0 bridgehead atoms. The summed E-state index contributed by atoms with van der Waals surface area (Å²) in [6, 6.07) is 9.73. The number of halogens is 2. The van der Waals surface area contributed by atoms with Crippen LogP contribution in [-0.2, 0) is 4.79 Å². The van der Waals surface area contributed by atoms with Crippen molar-refractivity contribution in [3.8, 4) is 23.1 Å². The molecule has 2 aliphatic rings. The first-order valence-electron chi connectivity index (χ1n) is 14.3. The van der Waals surface area contributed by atoms with Crippen molar-refractivity contribution in [3.05, 3.63) is 71.7 Å². The standard InChI is InChI=1S/C31H30F2N8O3/c1-19-16-21(2-3-22(19)31(43)40-13-11-39(12-14-40)30(42)20-6-8-35-17-20)38-28-29-37-18-24(41(29)10-9-36-28)23-4-5-25(44-15-7-34)27(33)26(23)32/h2-5,9-10,16,18,20,35H,6,8,11-15,17H2,1H3,(H,36,38)/t20-/m0/s1. The number of amides is 2. The van der Waals surface area contributed by atoms with E-state index in [9.17, 15) is 18.4 Å². The van der Waals surface area contributed by atoms with Gasteiger partial charge in [0.05, 0.1) is 17.8 Å². The van der Waals surface area contributed by atoms with Gasteiger partial charge in [0, 0.05) is 61.9 Å². The van der Waals surface area contributed by atoms with E-state index < -0.39 is 18.2 Å². The lowest BCUT2D eigenvalue weighted by molar-refractivity contribution is -0.136. The van der Waals surface area contributed by atoms with Gasteiger partial charge >= 0.3 is 0 Å². The van der Waals surface area contributed by atoms with E-state index in [0.29, 0.717) is 54.6 Å². The van der Waals surface area contributed by atoms with Gasteiger partial charge in [0.15, 0.2) is 29.6 Å². The summed E-state index contributed by atoms with van der Waals surface area (Å²) in [5, 5.41) is 15.1. The van der Waals surface area contributed by atoms with Gasteiger partial charge in [-0.3, -0.25) is 14.0 Å². The fraction of sp³-hybridized carbons (Fsp3) is 0.323. The second-order valence-corrected chi connectivity index (χ2v) is 10.8. The molecule has 2 aromatic heterocycles. The summed E-state index contributed by atoms with van der Waals surface area (Å²) in [6.45, 7) is 5.06. The van der Waals surface area contributed by atoms with Gasteiger partial charge in [-0.2, -0.15) is 9.65 Å². The number of hydrogen-bond donors (Lipinski definition) is 2. The second kappa shape index (κ2) is 12.3. The van der Waals surface area contributed by atoms with E-state index in [1.807, 2.05) is 17.9 Å². The molecular weight excluding hydrogens is 570 g/mol. The third kappa shape index (κ3) is 5.51. The number of fused-ring (bicyclic) bond motifs is 1. The van der Waals surface area contributed by atoms with Gasteiger partial charge in [-0.15, -0.1) is 0 Å². The summed E-state index contributed by atoms with van der Waals surface area (Å²) in [5.74, 6) is -2.17. The minimum absolute atomic E-state index is 0.0278. The summed E-state index contributed by atoms with van der Waals surface area (Å²) >= 11 is 0. The average molecular weight is 601 g/mol. The summed E-state index contributed by atoms with van der Waals surface area (Å²) in [4.78, 5) is 38.5. The zero-order chi connectivity index (χ0) is 30.8. The van der Waals surface area contributed by atoms with Crippen LogP contribution in [0.15, 0.2) is 48.9 Å². The Labute approximate surface area is 252 Å². The van der Waals surface area contributed by atoms with Crippen LogP contribution < -0.4 is 15.4 Å². The molecule has 4 aromatic rings. The predicted octanol–water partition coefficient (Wildman–Crippen LogP) is 3.52. The fourth-order valence-electron chi connectivity index (χ4n) is 5.70. The van der Waals surface area contributed by atoms with Gasteiger partial charge < -0.3 is 25.2 Å². The highest BCUT2D eigenvalue weighted by Crippen LogP contribution is 2.32. The molecule has 13 heteroatoms. The highest BCUT2D eigenvalue weighted by Gasteiger charge is 2.31. The van der Waals surface area contributed by atoms with E-state index in [2.05, 4.69) is 20.6 Å². The Kier molecular flexibility index (Phi) is 8.08. The van der Waals surface area contributed by atoms with Crippen molar-refractivity contribution in [2.75, 3.05) is 51.2 Å². The van der Waals surface area contributed by atoms with Crippen LogP contribution in [0.4, 0.5) is 20.3 Å². The number of aromatic nitrogens is 3. The van der Waals surface area contributed by atoms with E-state index in [-0.39, 0.29) is 29.0 Å². The Morgan fingerprint density at radius 3 is 2.64 bits per heavy atom. The van der Waals surface area contributed by atoms with E-state index in [1.54, 1.807) is 33.7 Å². The minimum Gasteiger partial charge on any atom is -0.476 e. The van der Waals surface area contributed by atoms with Crippen LogP contribution in [0.3, 0.4) is 0 Å². The van der Waals surface area contributed by atoms with E-state index in [0.717, 1.165) is 25.1 Å². The first kappa shape index (κ1) is 29.0. The molecule has 1 atom stereocenters. The smallest absolute Gasteiger partial charge is 0.254 e. The van der Waals surface area contributed by atoms with Gasteiger partial charge in [0.2, 0.25) is 11.7 Å². The molecule has 2 saturated heterocycles. The summed E-state index contributed by atoms with van der Waals surface area (Å²) in [7, 11) is 0. The first-order chi connectivity index (χ1) is 21.4. The second-order valence-electron chi connectivity index (χ2n) is 10.8. The summed E-state index contributed by atoms with van der Waals surface area (Å²) in [6.07, 6.45) is 5.38. The molecule has 6 rings (SSSR count). The van der Waals surface area contributed by atoms with Crippen LogP contribution in [0, 0.1) is 35.8 Å². The molecule has 0 unspecified atom stereocenters. The first-order valence-corrected chi connectivity index (χ1v) is 14.3. The van der Waals surface area contributed by atoms with Crippen LogP contribution in [0.2, 0.25) is 0 Å². The molecule has 44 heavy (non-hydrogen) atoms. The van der Waals surface area contributed by atoms with Crippen LogP contribution in [-0.4, -0.2) is 81.9 Å². The van der Waals surface area contributed by atoms with Gasteiger partial charge in [-0.1, -0.05) is 0 Å². The third-order valence-corrected chi connectivity index (χ3v) is 8.05. The number of benzene rings is 2. The van der Waals surface area contributed by atoms with Gasteiger partial charge in [-0.05, 0) is 55.8 Å². The molecule has 11 nitrogen and oxygen atoms in total. The Bertz CT molecular complexity index is 1770. The number of aryl methyl sites for hydroxylation is 1. The van der Waals surface area contributed by atoms with Crippen LogP contribution >= 0.6 is 0 Å². The zero-order valence-corrected chi connectivity index (χ0v) is 24.0. The molecule has 0 spiro atoms.